The fourth-order valence-electron chi connectivity index (χ4n) is 1.49. The molecule has 0 aliphatic carbocycles. The number of rotatable bonds is 6. The first kappa shape index (κ1) is 16.4. The number of hydrogen-bond donors (Lipinski definition) is 2. The van der Waals surface area contributed by atoms with Gasteiger partial charge in [-0.05, 0) is 6.42 Å². The van der Waals surface area contributed by atoms with Gasteiger partial charge in [-0.3, -0.25) is 5.10 Å². The summed E-state index contributed by atoms with van der Waals surface area (Å²) in [7, 11) is -4.61. The number of nitrogens with zero attached hydrogens (tertiary/aromatic N) is 2. The highest BCUT2D eigenvalue weighted by molar-refractivity contribution is 7.89. The molecular formula is C9H12F3N3O4S. The molecule has 0 spiro atoms. The lowest BCUT2D eigenvalue weighted by molar-refractivity contribution is -0.136. The van der Waals surface area contributed by atoms with Gasteiger partial charge >= 0.3 is 12.1 Å². The van der Waals surface area contributed by atoms with Crippen molar-refractivity contribution >= 4 is 16.0 Å². The highest BCUT2D eigenvalue weighted by Gasteiger charge is 2.38. The van der Waals surface area contributed by atoms with Crippen molar-refractivity contribution in [1.29, 1.82) is 0 Å². The molecule has 0 radical (unpaired) electrons. The Morgan fingerprint density at radius 2 is 2.10 bits per heavy atom. The van der Waals surface area contributed by atoms with E-state index in [0.717, 1.165) is 6.20 Å². The Hall–Kier alpha value is -1.62. The van der Waals surface area contributed by atoms with E-state index in [4.69, 9.17) is 5.11 Å². The van der Waals surface area contributed by atoms with Gasteiger partial charge in [-0.15, -0.1) is 0 Å². The lowest BCUT2D eigenvalue weighted by Gasteiger charge is -2.22. The summed E-state index contributed by atoms with van der Waals surface area (Å²) in [6.45, 7) is -0.578. The second kappa shape index (κ2) is 5.79. The van der Waals surface area contributed by atoms with Crippen molar-refractivity contribution in [2.24, 2.45) is 0 Å². The standard InChI is InChI=1S/C9H12F3N3O4S/c1-2-3-15(5-9(10,11)12)20(18,19)7-6(8(16)17)4-13-14-7/h4H,2-3,5H2,1H3,(H,13,14)(H,16,17). The fourth-order valence-corrected chi connectivity index (χ4v) is 3.07. The van der Waals surface area contributed by atoms with E-state index in [9.17, 15) is 26.4 Å². The number of aromatic amines is 1. The van der Waals surface area contributed by atoms with Crippen molar-refractivity contribution in [2.75, 3.05) is 13.1 Å². The van der Waals surface area contributed by atoms with Crippen LogP contribution in [-0.4, -0.2) is 53.3 Å². The van der Waals surface area contributed by atoms with Crippen LogP contribution in [0, 0.1) is 0 Å². The molecule has 20 heavy (non-hydrogen) atoms. The number of aromatic carboxylic acids is 1. The maximum atomic E-state index is 12.4. The maximum absolute atomic E-state index is 12.4. The predicted octanol–water partition coefficient (Wildman–Crippen LogP) is 1.07. The van der Waals surface area contributed by atoms with Crippen LogP contribution in [0.15, 0.2) is 11.2 Å². The van der Waals surface area contributed by atoms with E-state index in [-0.39, 0.29) is 17.3 Å². The normalized spacial score (nSPS) is 12.8. The summed E-state index contributed by atoms with van der Waals surface area (Å²) in [6, 6.07) is 0. The summed E-state index contributed by atoms with van der Waals surface area (Å²) in [5, 5.41) is 13.1. The monoisotopic (exact) mass is 315 g/mol. The Balaban J connectivity index is 3.23. The van der Waals surface area contributed by atoms with Crippen LogP contribution in [0.25, 0.3) is 0 Å². The molecule has 0 atom stereocenters. The van der Waals surface area contributed by atoms with Gasteiger partial charge in [-0.2, -0.15) is 22.6 Å². The number of carboxylic acid groups (broad SMARTS) is 1. The molecule has 0 saturated carbocycles. The predicted molar refractivity (Wildman–Crippen MR) is 60.7 cm³/mol. The molecule has 7 nitrogen and oxygen atoms in total. The van der Waals surface area contributed by atoms with Crippen LogP contribution in [0.1, 0.15) is 23.7 Å². The number of carbonyl (C=O) groups is 1. The average molecular weight is 315 g/mol. The quantitative estimate of drug-likeness (QED) is 0.817. The fraction of sp³-hybridized carbons (Fsp3) is 0.556. The molecular weight excluding hydrogens is 303 g/mol. The number of aromatic nitrogens is 2. The molecule has 114 valence electrons. The minimum Gasteiger partial charge on any atom is -0.478 e. The Morgan fingerprint density at radius 1 is 1.50 bits per heavy atom. The highest BCUT2D eigenvalue weighted by atomic mass is 32.2. The molecule has 0 unspecified atom stereocenters. The molecule has 0 fully saturated rings. The smallest absolute Gasteiger partial charge is 0.402 e. The van der Waals surface area contributed by atoms with Gasteiger partial charge in [0, 0.05) is 6.54 Å². The summed E-state index contributed by atoms with van der Waals surface area (Å²) in [5.74, 6) is -1.60. The number of hydrogen-bond acceptors (Lipinski definition) is 4. The zero-order valence-corrected chi connectivity index (χ0v) is 11.1. The third-order valence-corrected chi connectivity index (χ3v) is 4.08. The Bertz CT molecular complexity index is 582. The first-order valence-electron chi connectivity index (χ1n) is 5.43. The van der Waals surface area contributed by atoms with E-state index in [1.54, 1.807) is 0 Å². The highest BCUT2D eigenvalue weighted by Crippen LogP contribution is 2.23. The number of H-pyrrole nitrogens is 1. The SMILES string of the molecule is CCCN(CC(F)(F)F)S(=O)(=O)c1[nH]ncc1C(=O)O. The molecule has 0 saturated heterocycles. The second-order valence-corrected chi connectivity index (χ2v) is 5.75. The molecule has 2 N–H and O–H groups in total. The van der Waals surface area contributed by atoms with Gasteiger partial charge in [-0.25, -0.2) is 13.2 Å². The van der Waals surface area contributed by atoms with Gasteiger partial charge in [0.2, 0.25) is 0 Å². The molecule has 0 amide bonds. The van der Waals surface area contributed by atoms with E-state index < -0.39 is 39.3 Å². The van der Waals surface area contributed by atoms with Crippen molar-refractivity contribution in [3.05, 3.63) is 11.8 Å². The summed E-state index contributed by atoms with van der Waals surface area (Å²) in [5.41, 5.74) is -0.701. The van der Waals surface area contributed by atoms with E-state index in [1.165, 1.54) is 6.92 Å². The van der Waals surface area contributed by atoms with Crippen LogP contribution >= 0.6 is 0 Å². The van der Waals surface area contributed by atoms with Crippen molar-refractivity contribution in [3.63, 3.8) is 0 Å². The Kier molecular flexibility index (Phi) is 4.76. The molecule has 1 heterocycles. The number of alkyl halides is 3. The van der Waals surface area contributed by atoms with E-state index in [2.05, 4.69) is 5.10 Å². The zero-order chi connectivity index (χ0) is 15.6. The van der Waals surface area contributed by atoms with Gasteiger partial charge < -0.3 is 5.11 Å². The summed E-state index contributed by atoms with van der Waals surface area (Å²) >= 11 is 0. The zero-order valence-electron chi connectivity index (χ0n) is 10.3. The maximum Gasteiger partial charge on any atom is 0.402 e. The molecule has 11 heteroatoms. The van der Waals surface area contributed by atoms with E-state index >= 15 is 0 Å². The van der Waals surface area contributed by atoms with Gasteiger partial charge in [0.05, 0.1) is 6.20 Å². The van der Waals surface area contributed by atoms with Crippen molar-refractivity contribution in [3.8, 4) is 0 Å². The van der Waals surface area contributed by atoms with Crippen molar-refractivity contribution in [1.82, 2.24) is 14.5 Å². The Labute approximate surface area is 112 Å². The summed E-state index contributed by atoms with van der Waals surface area (Å²) < 4.78 is 61.6. The van der Waals surface area contributed by atoms with Crippen molar-refractivity contribution < 1.29 is 31.5 Å². The van der Waals surface area contributed by atoms with Gasteiger partial charge in [0.15, 0.2) is 5.03 Å². The van der Waals surface area contributed by atoms with Crippen LogP contribution < -0.4 is 0 Å². The lowest BCUT2D eigenvalue weighted by atomic mass is 10.4. The lowest BCUT2D eigenvalue weighted by Crippen LogP contribution is -2.40. The molecule has 0 bridgehead atoms. The number of halogens is 3. The third-order valence-electron chi connectivity index (χ3n) is 2.26. The average Bonchev–Trinajstić information content (AvgIpc) is 2.76. The summed E-state index contributed by atoms with van der Waals surface area (Å²) in [4.78, 5) is 10.8. The topological polar surface area (TPSA) is 103 Å². The van der Waals surface area contributed by atoms with Crippen molar-refractivity contribution in [2.45, 2.75) is 24.5 Å². The first-order chi connectivity index (χ1) is 9.09. The Morgan fingerprint density at radius 3 is 2.55 bits per heavy atom. The van der Waals surface area contributed by atoms with Crippen LogP contribution in [0.5, 0.6) is 0 Å². The van der Waals surface area contributed by atoms with E-state index in [0.29, 0.717) is 0 Å². The van der Waals surface area contributed by atoms with Crippen LogP contribution in [0.3, 0.4) is 0 Å². The number of nitrogens with one attached hydrogen (secondary N) is 1. The van der Waals surface area contributed by atoms with Crippen LogP contribution in [0.2, 0.25) is 0 Å². The van der Waals surface area contributed by atoms with Crippen LogP contribution in [-0.2, 0) is 10.0 Å². The molecule has 0 aliphatic rings. The minimum absolute atomic E-state index is 0.145. The van der Waals surface area contributed by atoms with E-state index in [1.807, 2.05) is 5.10 Å². The largest absolute Gasteiger partial charge is 0.478 e. The molecule has 1 aromatic rings. The van der Waals surface area contributed by atoms with Crippen LogP contribution in [0.4, 0.5) is 13.2 Å². The molecule has 0 aromatic carbocycles. The van der Waals surface area contributed by atoms with Gasteiger partial charge in [0.1, 0.15) is 12.1 Å². The van der Waals surface area contributed by atoms with Gasteiger partial charge in [-0.1, -0.05) is 6.92 Å². The number of sulfonamides is 1. The molecule has 1 aromatic heterocycles. The minimum atomic E-state index is -4.73. The molecule has 1 rings (SSSR count). The van der Waals surface area contributed by atoms with Gasteiger partial charge in [0.25, 0.3) is 10.0 Å². The number of carboxylic acids is 1. The summed E-state index contributed by atoms with van der Waals surface area (Å²) in [6.07, 6.45) is -3.86. The third kappa shape index (κ3) is 3.70. The molecule has 0 aliphatic heterocycles. The first-order valence-corrected chi connectivity index (χ1v) is 6.87. The second-order valence-electron chi connectivity index (χ2n) is 3.87.